The summed E-state index contributed by atoms with van der Waals surface area (Å²) in [5.74, 6) is 0.718. The van der Waals surface area contributed by atoms with Crippen molar-refractivity contribution >= 4 is 25.1 Å². The van der Waals surface area contributed by atoms with E-state index in [1.54, 1.807) is 0 Å². The minimum Gasteiger partial charge on any atom is -0.383 e. The summed E-state index contributed by atoms with van der Waals surface area (Å²) < 4.78 is 0. The molecule has 0 aromatic carbocycles. The molecule has 6 heteroatoms. The van der Waals surface area contributed by atoms with Gasteiger partial charge in [-0.25, -0.2) is 9.97 Å². The number of aromatic nitrogens is 2. The third-order valence-electron chi connectivity index (χ3n) is 1.57. The maximum absolute atomic E-state index is 7.34. The Hall–Kier alpha value is -1.59. The van der Waals surface area contributed by atoms with Gasteiger partial charge in [0.25, 0.3) is 0 Å². The van der Waals surface area contributed by atoms with Gasteiger partial charge in [0.15, 0.2) is 0 Å². The van der Waals surface area contributed by atoms with Crippen LogP contribution in [0.1, 0.15) is 19.4 Å². The molecule has 0 saturated carbocycles. The van der Waals surface area contributed by atoms with E-state index in [0.717, 1.165) is 0 Å². The van der Waals surface area contributed by atoms with Crippen molar-refractivity contribution < 1.29 is 0 Å². The van der Waals surface area contributed by atoms with Crippen LogP contribution in [0.4, 0.5) is 11.6 Å². The molecule has 1 rings (SSSR count). The van der Waals surface area contributed by atoms with E-state index in [9.17, 15) is 0 Å². The summed E-state index contributed by atoms with van der Waals surface area (Å²) in [5.41, 5.74) is 5.82. The van der Waals surface area contributed by atoms with Crippen LogP contribution in [0.2, 0.25) is 0 Å². The van der Waals surface area contributed by atoms with Gasteiger partial charge in [-0.1, -0.05) is 0 Å². The lowest BCUT2D eigenvalue weighted by Gasteiger charge is -2.13. The molecule has 5 nitrogen and oxygen atoms in total. The van der Waals surface area contributed by atoms with E-state index < -0.39 is 0 Å². The molecular weight excluding hydrogens is 177 g/mol. The smallest absolute Gasteiger partial charge is 0.141 e. The number of nitrogens with two attached hydrogens (primary N) is 1. The number of nitrogen functional groups attached to an aromatic ring is 1. The van der Waals surface area contributed by atoms with E-state index in [-0.39, 0.29) is 17.5 Å². The van der Waals surface area contributed by atoms with Crippen molar-refractivity contribution in [2.75, 3.05) is 11.1 Å². The van der Waals surface area contributed by atoms with Crippen molar-refractivity contribution in [2.24, 2.45) is 0 Å². The van der Waals surface area contributed by atoms with Gasteiger partial charge in [-0.3, -0.25) is 0 Å². The van der Waals surface area contributed by atoms with Crippen molar-refractivity contribution in [1.82, 2.24) is 9.97 Å². The van der Waals surface area contributed by atoms with Gasteiger partial charge in [0, 0.05) is 6.04 Å². The Balaban J connectivity index is 3.14. The van der Waals surface area contributed by atoms with Crippen LogP contribution in [0.25, 0.3) is 0 Å². The largest absolute Gasteiger partial charge is 0.383 e. The predicted molar refractivity (Wildman–Crippen MR) is 57.8 cm³/mol. The first-order valence-electron chi connectivity index (χ1n) is 4.23. The van der Waals surface area contributed by atoms with E-state index in [0.29, 0.717) is 11.4 Å². The average Bonchev–Trinajstić information content (AvgIpc) is 2.01. The number of hydrogen-bond acceptors (Lipinski definition) is 5. The normalized spacial score (nSPS) is 10.2. The summed E-state index contributed by atoms with van der Waals surface area (Å²) >= 11 is 0. The highest BCUT2D eigenvalue weighted by Gasteiger charge is 2.10. The zero-order chi connectivity index (χ0) is 10.7. The van der Waals surface area contributed by atoms with Gasteiger partial charge >= 0.3 is 0 Å². The third-order valence-corrected chi connectivity index (χ3v) is 1.57. The molecular formula is C8H12BN5. The van der Waals surface area contributed by atoms with Crippen LogP contribution in [0.15, 0.2) is 6.33 Å². The monoisotopic (exact) mass is 189 g/mol. The van der Waals surface area contributed by atoms with Crippen molar-refractivity contribution in [3.05, 3.63) is 11.9 Å². The van der Waals surface area contributed by atoms with Crippen LogP contribution >= 0.6 is 0 Å². The van der Waals surface area contributed by atoms with E-state index in [4.69, 9.17) is 19.0 Å². The second kappa shape index (κ2) is 4.08. The van der Waals surface area contributed by atoms with Gasteiger partial charge < -0.3 is 16.5 Å². The molecule has 1 heterocycles. The third kappa shape index (κ3) is 2.22. The van der Waals surface area contributed by atoms with Crippen molar-refractivity contribution in [1.29, 1.82) is 5.41 Å². The Labute approximate surface area is 84.1 Å². The highest BCUT2D eigenvalue weighted by Crippen LogP contribution is 2.17. The summed E-state index contributed by atoms with van der Waals surface area (Å²) in [7, 11) is 5.37. The quantitative estimate of drug-likeness (QED) is 0.473. The van der Waals surface area contributed by atoms with Gasteiger partial charge in [-0.15, -0.1) is 0 Å². The standard InChI is InChI=1S/C8H12BN5/c1-4(2)14-8-5(6(9)10)7(11)12-3-13-8/h3-4,10H,1-2H3,(H3,11,12,13,14). The average molecular weight is 189 g/mol. The molecule has 0 spiro atoms. The molecule has 0 atom stereocenters. The molecule has 1 aromatic rings. The first-order chi connectivity index (χ1) is 6.52. The first-order valence-corrected chi connectivity index (χ1v) is 4.23. The second-order valence-electron chi connectivity index (χ2n) is 3.20. The molecule has 0 unspecified atom stereocenters. The number of nitrogens with one attached hydrogen (secondary N) is 2. The molecule has 72 valence electrons. The molecule has 0 fully saturated rings. The Morgan fingerprint density at radius 3 is 2.71 bits per heavy atom. The zero-order valence-electron chi connectivity index (χ0n) is 8.20. The second-order valence-corrected chi connectivity index (χ2v) is 3.20. The number of hydrogen-bond donors (Lipinski definition) is 3. The van der Waals surface area contributed by atoms with Crippen LogP contribution < -0.4 is 11.1 Å². The van der Waals surface area contributed by atoms with Crippen molar-refractivity contribution in [3.8, 4) is 0 Å². The molecule has 0 saturated heterocycles. The van der Waals surface area contributed by atoms with Gasteiger partial charge in [-0.05, 0) is 19.5 Å². The molecule has 0 aliphatic heterocycles. The molecule has 1 aromatic heterocycles. The SMILES string of the molecule is [B]C(=N)c1c(N)ncnc1NC(C)C. The van der Waals surface area contributed by atoms with Crippen LogP contribution in [0, 0.1) is 5.41 Å². The van der Waals surface area contributed by atoms with Crippen molar-refractivity contribution in [2.45, 2.75) is 19.9 Å². The van der Waals surface area contributed by atoms with E-state index in [1.165, 1.54) is 6.33 Å². The van der Waals surface area contributed by atoms with Crippen molar-refractivity contribution in [3.63, 3.8) is 0 Å². The number of rotatable bonds is 3. The highest BCUT2D eigenvalue weighted by atomic mass is 15.0. The molecule has 0 aliphatic rings. The van der Waals surface area contributed by atoms with Crippen LogP contribution in [0.3, 0.4) is 0 Å². The van der Waals surface area contributed by atoms with E-state index in [1.807, 2.05) is 13.8 Å². The van der Waals surface area contributed by atoms with Gasteiger partial charge in [0.1, 0.15) is 25.8 Å². The number of anilines is 2. The Bertz CT molecular complexity index is 350. The van der Waals surface area contributed by atoms with Gasteiger partial charge in [0.05, 0.1) is 5.56 Å². The lowest BCUT2D eigenvalue weighted by molar-refractivity contribution is 0.886. The summed E-state index contributed by atoms with van der Waals surface area (Å²) in [5, 5.41) is 10.4. The number of nitrogens with zero attached hydrogens (tertiary/aromatic N) is 2. The summed E-state index contributed by atoms with van der Waals surface area (Å²) in [6.45, 7) is 3.92. The van der Waals surface area contributed by atoms with Crippen LogP contribution in [0.5, 0.6) is 0 Å². The molecule has 14 heavy (non-hydrogen) atoms. The van der Waals surface area contributed by atoms with Gasteiger partial charge in [-0.2, -0.15) is 0 Å². The molecule has 2 radical (unpaired) electrons. The predicted octanol–water partition coefficient (Wildman–Crippen LogP) is 0.373. The maximum atomic E-state index is 7.34. The Morgan fingerprint density at radius 2 is 2.21 bits per heavy atom. The first kappa shape index (κ1) is 10.5. The van der Waals surface area contributed by atoms with E-state index in [2.05, 4.69) is 15.3 Å². The van der Waals surface area contributed by atoms with E-state index >= 15 is 0 Å². The Morgan fingerprint density at radius 1 is 1.57 bits per heavy atom. The molecule has 4 N–H and O–H groups in total. The summed E-state index contributed by atoms with van der Waals surface area (Å²) in [6, 6.07) is 0.197. The topological polar surface area (TPSA) is 87.7 Å². The van der Waals surface area contributed by atoms with Gasteiger partial charge in [0.2, 0.25) is 0 Å². The maximum Gasteiger partial charge on any atom is 0.141 e. The minimum absolute atomic E-state index is 0.133. The van der Waals surface area contributed by atoms with Crippen LogP contribution in [-0.4, -0.2) is 29.5 Å². The molecule has 0 aliphatic carbocycles. The zero-order valence-corrected chi connectivity index (χ0v) is 8.20. The minimum atomic E-state index is -0.133. The summed E-state index contributed by atoms with van der Waals surface area (Å²) in [6.07, 6.45) is 1.34. The Kier molecular flexibility index (Phi) is 3.06. The van der Waals surface area contributed by atoms with Crippen LogP contribution in [-0.2, 0) is 0 Å². The fourth-order valence-electron chi connectivity index (χ4n) is 1.05. The molecule has 0 amide bonds. The summed E-state index contributed by atoms with van der Waals surface area (Å²) in [4.78, 5) is 7.75. The lowest BCUT2D eigenvalue weighted by Crippen LogP contribution is -2.17. The molecule has 0 bridgehead atoms. The fraction of sp³-hybridized carbons (Fsp3) is 0.375. The fourth-order valence-corrected chi connectivity index (χ4v) is 1.05. The lowest BCUT2D eigenvalue weighted by atomic mass is 9.94. The highest BCUT2D eigenvalue weighted by molar-refractivity contribution is 6.64.